The molecule has 0 saturated carbocycles. The van der Waals surface area contributed by atoms with Gasteiger partial charge in [0.15, 0.2) is 6.61 Å². The van der Waals surface area contributed by atoms with E-state index in [4.69, 9.17) is 4.74 Å². The summed E-state index contributed by atoms with van der Waals surface area (Å²) >= 11 is 3.51. The summed E-state index contributed by atoms with van der Waals surface area (Å²) in [5, 5.41) is 2.96. The number of carbonyl (C=O) groups is 2. The first-order valence-electron chi connectivity index (χ1n) is 12.5. The van der Waals surface area contributed by atoms with Gasteiger partial charge in [0.1, 0.15) is 17.6 Å². The second-order valence-electron chi connectivity index (χ2n) is 9.36. The van der Waals surface area contributed by atoms with E-state index in [-0.39, 0.29) is 25.0 Å². The van der Waals surface area contributed by atoms with Crippen molar-refractivity contribution in [3.8, 4) is 5.75 Å². The summed E-state index contributed by atoms with van der Waals surface area (Å²) in [4.78, 5) is 28.5. The number of halogens is 2. The lowest BCUT2D eigenvalue weighted by Gasteiger charge is -2.32. The molecule has 0 aromatic heterocycles. The highest BCUT2D eigenvalue weighted by Crippen LogP contribution is 2.26. The van der Waals surface area contributed by atoms with Crippen molar-refractivity contribution in [2.75, 3.05) is 13.2 Å². The molecule has 1 unspecified atom stereocenters. The molecule has 0 saturated heterocycles. The third kappa shape index (κ3) is 8.42. The van der Waals surface area contributed by atoms with Crippen LogP contribution in [0.1, 0.15) is 37.5 Å². The van der Waals surface area contributed by atoms with Crippen LogP contribution in [0.15, 0.2) is 77.3 Å². The Kier molecular flexibility index (Phi) is 10.7. The average Bonchev–Trinajstić information content (AvgIpc) is 2.89. The van der Waals surface area contributed by atoms with Crippen LogP contribution >= 0.6 is 15.9 Å². The second kappa shape index (κ2) is 13.9. The lowest BCUT2D eigenvalue weighted by molar-refractivity contribution is -0.142. The molecule has 0 spiro atoms. The van der Waals surface area contributed by atoms with Crippen LogP contribution in [0.4, 0.5) is 4.39 Å². The van der Waals surface area contributed by atoms with Gasteiger partial charge < -0.3 is 15.0 Å². The van der Waals surface area contributed by atoms with Crippen molar-refractivity contribution >= 4 is 27.7 Å². The van der Waals surface area contributed by atoms with E-state index in [2.05, 4.69) is 28.2 Å². The molecule has 196 valence electrons. The number of ether oxygens (including phenoxy) is 1. The molecule has 5 nitrogen and oxygen atoms in total. The second-order valence-corrected chi connectivity index (χ2v) is 10.2. The van der Waals surface area contributed by atoms with Gasteiger partial charge >= 0.3 is 0 Å². The fourth-order valence-electron chi connectivity index (χ4n) is 3.89. The van der Waals surface area contributed by atoms with Crippen molar-refractivity contribution in [3.63, 3.8) is 0 Å². The van der Waals surface area contributed by atoms with Gasteiger partial charge in [-0.3, -0.25) is 9.59 Å². The summed E-state index contributed by atoms with van der Waals surface area (Å²) in [6.07, 6.45) is 1.17. The van der Waals surface area contributed by atoms with Crippen LogP contribution in [-0.2, 0) is 29.0 Å². The van der Waals surface area contributed by atoms with Crippen molar-refractivity contribution in [2.45, 2.75) is 46.2 Å². The number of aryl methyl sites for hydroxylation is 1. The normalized spacial score (nSPS) is 11.7. The molecule has 0 aliphatic carbocycles. The summed E-state index contributed by atoms with van der Waals surface area (Å²) in [5.74, 6) is -0.352. The molecule has 2 amide bonds. The van der Waals surface area contributed by atoms with Crippen LogP contribution in [0.3, 0.4) is 0 Å². The first-order chi connectivity index (χ1) is 17.8. The molecule has 3 rings (SSSR count). The third-order valence-corrected chi connectivity index (χ3v) is 6.63. The van der Waals surface area contributed by atoms with Crippen LogP contribution in [0, 0.1) is 11.7 Å². The molecule has 3 aromatic carbocycles. The number of nitrogens with zero attached hydrogens (tertiary/aromatic N) is 1. The van der Waals surface area contributed by atoms with E-state index < -0.39 is 17.8 Å². The summed E-state index contributed by atoms with van der Waals surface area (Å²) in [5.41, 5.74) is 2.37. The molecule has 3 aromatic rings. The molecule has 0 radical (unpaired) electrons. The first-order valence-corrected chi connectivity index (χ1v) is 13.3. The minimum absolute atomic E-state index is 0.0581. The number of nitrogens with one attached hydrogen (secondary N) is 1. The van der Waals surface area contributed by atoms with Crippen LogP contribution in [0.5, 0.6) is 5.75 Å². The van der Waals surface area contributed by atoms with Gasteiger partial charge in [-0.05, 0) is 57.6 Å². The summed E-state index contributed by atoms with van der Waals surface area (Å²) in [6.45, 7) is 6.19. The number of amides is 2. The van der Waals surface area contributed by atoms with Gasteiger partial charge in [-0.2, -0.15) is 0 Å². The summed E-state index contributed by atoms with van der Waals surface area (Å²) in [6, 6.07) is 20.7. The predicted molar refractivity (Wildman–Crippen MR) is 148 cm³/mol. The largest absolute Gasteiger partial charge is 0.483 e. The fraction of sp³-hybridized carbons (Fsp3) is 0.333. The maximum Gasteiger partial charge on any atom is 0.261 e. The minimum atomic E-state index is -0.845. The van der Waals surface area contributed by atoms with Gasteiger partial charge in [-0.25, -0.2) is 4.39 Å². The van der Waals surface area contributed by atoms with Crippen LogP contribution in [0.25, 0.3) is 0 Å². The standard InChI is InChI=1S/C30H34BrFN2O3/c1-4-22-14-15-28(25(31)16-22)37-20-29(35)34(19-24-12-8-9-13-26(24)32)27(30(36)33-18-21(2)3)17-23-10-6-5-7-11-23/h5-16,21,27H,4,17-20H2,1-3H3,(H,33,36). The maximum absolute atomic E-state index is 14.7. The number of hydrogen-bond acceptors (Lipinski definition) is 3. The van der Waals surface area contributed by atoms with E-state index in [0.29, 0.717) is 24.3 Å². The van der Waals surface area contributed by atoms with E-state index in [0.717, 1.165) is 22.0 Å². The quantitative estimate of drug-likeness (QED) is 0.294. The molecular weight excluding hydrogens is 535 g/mol. The highest BCUT2D eigenvalue weighted by atomic mass is 79.9. The van der Waals surface area contributed by atoms with Gasteiger partial charge in [-0.15, -0.1) is 0 Å². The molecular formula is C30H34BrFN2O3. The van der Waals surface area contributed by atoms with E-state index >= 15 is 0 Å². The Morgan fingerprint density at radius 2 is 1.70 bits per heavy atom. The fourth-order valence-corrected chi connectivity index (χ4v) is 4.43. The van der Waals surface area contributed by atoms with Gasteiger partial charge in [0.25, 0.3) is 5.91 Å². The monoisotopic (exact) mass is 568 g/mol. The number of carbonyl (C=O) groups excluding carboxylic acids is 2. The van der Waals surface area contributed by atoms with E-state index in [9.17, 15) is 14.0 Å². The van der Waals surface area contributed by atoms with Crippen LogP contribution in [-0.4, -0.2) is 35.9 Å². The molecule has 7 heteroatoms. The number of benzene rings is 3. The molecule has 0 aliphatic rings. The molecule has 37 heavy (non-hydrogen) atoms. The lowest BCUT2D eigenvalue weighted by Crippen LogP contribution is -2.52. The van der Waals surface area contributed by atoms with E-state index in [1.165, 1.54) is 11.0 Å². The summed E-state index contributed by atoms with van der Waals surface area (Å²) < 4.78 is 21.3. The number of hydrogen-bond donors (Lipinski definition) is 1. The zero-order chi connectivity index (χ0) is 26.8. The van der Waals surface area contributed by atoms with Gasteiger partial charge in [0.2, 0.25) is 5.91 Å². The van der Waals surface area contributed by atoms with Gasteiger partial charge in [-0.1, -0.05) is 75.4 Å². The van der Waals surface area contributed by atoms with Crippen LogP contribution < -0.4 is 10.1 Å². The molecule has 0 aliphatic heterocycles. The highest BCUT2D eigenvalue weighted by Gasteiger charge is 2.31. The Bertz CT molecular complexity index is 1190. The maximum atomic E-state index is 14.7. The molecule has 1 N–H and O–H groups in total. The average molecular weight is 570 g/mol. The summed E-state index contributed by atoms with van der Waals surface area (Å²) in [7, 11) is 0. The van der Waals surface area contributed by atoms with Gasteiger partial charge in [0.05, 0.1) is 4.47 Å². The first kappa shape index (κ1) is 28.4. The van der Waals surface area contributed by atoms with Crippen molar-refractivity contribution in [2.24, 2.45) is 5.92 Å². The smallest absolute Gasteiger partial charge is 0.261 e. The number of rotatable bonds is 12. The van der Waals surface area contributed by atoms with Crippen molar-refractivity contribution in [3.05, 3.63) is 99.8 Å². The zero-order valence-corrected chi connectivity index (χ0v) is 23.1. The Hall–Kier alpha value is -3.19. The molecule has 0 bridgehead atoms. The molecule has 0 fully saturated rings. The Morgan fingerprint density at radius 3 is 2.35 bits per heavy atom. The zero-order valence-electron chi connectivity index (χ0n) is 21.5. The Balaban J connectivity index is 1.91. The topological polar surface area (TPSA) is 58.6 Å². The minimum Gasteiger partial charge on any atom is -0.483 e. The van der Waals surface area contributed by atoms with Gasteiger partial charge in [0, 0.05) is 25.1 Å². The lowest BCUT2D eigenvalue weighted by atomic mass is 10.0. The molecule has 0 heterocycles. The SMILES string of the molecule is CCc1ccc(OCC(=O)N(Cc2ccccc2F)C(Cc2ccccc2)C(=O)NCC(C)C)c(Br)c1. The molecule has 1 atom stereocenters. The van der Waals surface area contributed by atoms with Crippen LogP contribution in [0.2, 0.25) is 0 Å². The third-order valence-electron chi connectivity index (χ3n) is 6.01. The highest BCUT2D eigenvalue weighted by molar-refractivity contribution is 9.10. The van der Waals surface area contributed by atoms with Crippen molar-refractivity contribution < 1.29 is 18.7 Å². The Morgan fingerprint density at radius 1 is 1.00 bits per heavy atom. The van der Waals surface area contributed by atoms with E-state index in [1.54, 1.807) is 18.2 Å². The van der Waals surface area contributed by atoms with Crippen molar-refractivity contribution in [1.82, 2.24) is 10.2 Å². The van der Waals surface area contributed by atoms with E-state index in [1.807, 2.05) is 62.4 Å². The predicted octanol–water partition coefficient (Wildman–Crippen LogP) is 5.94. The van der Waals surface area contributed by atoms with Crippen molar-refractivity contribution in [1.29, 1.82) is 0 Å². The Labute approximate surface area is 227 Å².